The van der Waals surface area contributed by atoms with Crippen LogP contribution in [0.25, 0.3) is 22.6 Å². The lowest BCUT2D eigenvalue weighted by Gasteiger charge is -2.08. The molecule has 2 aromatic heterocycles. The highest BCUT2D eigenvalue weighted by Gasteiger charge is 2.19. The number of ether oxygens (including phenoxy) is 1. The van der Waals surface area contributed by atoms with Gasteiger partial charge in [0.1, 0.15) is 0 Å². The number of aromatic nitrogens is 3. The highest BCUT2D eigenvalue weighted by Crippen LogP contribution is 2.33. The normalized spacial score (nSPS) is 11.0. The lowest BCUT2D eigenvalue weighted by atomic mass is 10.1. The molecule has 0 radical (unpaired) electrons. The number of anilines is 1. The minimum atomic E-state index is -0.110. The summed E-state index contributed by atoms with van der Waals surface area (Å²) < 4.78 is 13.3. The van der Waals surface area contributed by atoms with Crippen LogP contribution < -0.4 is 10.1 Å². The summed E-state index contributed by atoms with van der Waals surface area (Å²) in [5.41, 5.74) is 3.75. The van der Waals surface area contributed by atoms with Crippen LogP contribution in [0.2, 0.25) is 0 Å². The molecule has 0 saturated heterocycles. The van der Waals surface area contributed by atoms with E-state index in [4.69, 9.17) is 9.15 Å². The molecule has 0 saturated carbocycles. The van der Waals surface area contributed by atoms with Crippen molar-refractivity contribution in [2.45, 2.75) is 25.5 Å². The zero-order chi connectivity index (χ0) is 22.7. The fourth-order valence-electron chi connectivity index (χ4n) is 3.33. The van der Waals surface area contributed by atoms with Crippen LogP contribution in [0.15, 0.2) is 64.7 Å². The number of amides is 1. The summed E-state index contributed by atoms with van der Waals surface area (Å²) in [5.74, 6) is 1.89. The van der Waals surface area contributed by atoms with Gasteiger partial charge in [-0.1, -0.05) is 36.0 Å². The van der Waals surface area contributed by atoms with E-state index in [-0.39, 0.29) is 11.7 Å². The highest BCUT2D eigenvalue weighted by atomic mass is 32.2. The standard InChI is InChI=1S/C24H24N4O3S/c1-5-11-28-23(20-13-17-7-6-8-19(30-4)22(17)31-20)26-27-24(28)32-14-21(29)25-18-10-9-15(2)16(3)12-18/h5-10,12-13H,1,11,14H2,2-4H3,(H,25,29). The summed E-state index contributed by atoms with van der Waals surface area (Å²) in [6.45, 7) is 8.38. The van der Waals surface area contributed by atoms with Gasteiger partial charge in [-0.25, -0.2) is 0 Å². The molecular weight excluding hydrogens is 424 g/mol. The van der Waals surface area contributed by atoms with E-state index in [2.05, 4.69) is 22.1 Å². The van der Waals surface area contributed by atoms with E-state index in [0.29, 0.717) is 34.6 Å². The number of hydrogen-bond donors (Lipinski definition) is 1. The fraction of sp³-hybridized carbons (Fsp3) is 0.208. The molecule has 0 atom stereocenters. The molecule has 164 valence electrons. The van der Waals surface area contributed by atoms with E-state index in [0.717, 1.165) is 16.6 Å². The Balaban J connectivity index is 1.53. The molecule has 32 heavy (non-hydrogen) atoms. The number of nitrogens with zero attached hydrogens (tertiary/aromatic N) is 3. The van der Waals surface area contributed by atoms with E-state index >= 15 is 0 Å². The van der Waals surface area contributed by atoms with Gasteiger partial charge in [-0.15, -0.1) is 16.8 Å². The van der Waals surface area contributed by atoms with E-state index < -0.39 is 0 Å². The van der Waals surface area contributed by atoms with Gasteiger partial charge in [0, 0.05) is 17.6 Å². The molecule has 2 aromatic carbocycles. The molecule has 0 spiro atoms. The van der Waals surface area contributed by atoms with Crippen molar-refractivity contribution in [3.63, 3.8) is 0 Å². The second-order valence-electron chi connectivity index (χ2n) is 7.33. The van der Waals surface area contributed by atoms with Crippen molar-refractivity contribution in [2.75, 3.05) is 18.2 Å². The van der Waals surface area contributed by atoms with E-state index in [9.17, 15) is 4.79 Å². The van der Waals surface area contributed by atoms with E-state index in [1.807, 2.05) is 60.9 Å². The molecular formula is C24H24N4O3S. The Hall–Kier alpha value is -3.52. The van der Waals surface area contributed by atoms with Crippen molar-refractivity contribution < 1.29 is 13.9 Å². The second kappa shape index (κ2) is 9.32. The summed E-state index contributed by atoms with van der Waals surface area (Å²) in [4.78, 5) is 12.5. The molecule has 0 aliphatic rings. The summed E-state index contributed by atoms with van der Waals surface area (Å²) in [5, 5.41) is 13.1. The first-order valence-electron chi connectivity index (χ1n) is 10.1. The topological polar surface area (TPSA) is 82.2 Å². The van der Waals surface area contributed by atoms with Crippen molar-refractivity contribution in [3.8, 4) is 17.3 Å². The predicted molar refractivity (Wildman–Crippen MR) is 127 cm³/mol. The average Bonchev–Trinajstić information content (AvgIpc) is 3.39. The van der Waals surface area contributed by atoms with Crippen molar-refractivity contribution in [3.05, 3.63) is 66.2 Å². The highest BCUT2D eigenvalue weighted by molar-refractivity contribution is 7.99. The van der Waals surface area contributed by atoms with Crippen LogP contribution in [0.3, 0.4) is 0 Å². The maximum Gasteiger partial charge on any atom is 0.234 e. The van der Waals surface area contributed by atoms with Crippen LogP contribution >= 0.6 is 11.8 Å². The van der Waals surface area contributed by atoms with Crippen LogP contribution in [0, 0.1) is 13.8 Å². The number of methoxy groups -OCH3 is 1. The molecule has 0 fully saturated rings. The molecule has 8 heteroatoms. The van der Waals surface area contributed by atoms with Crippen LogP contribution in [-0.4, -0.2) is 33.5 Å². The Morgan fingerprint density at radius 3 is 2.81 bits per heavy atom. The molecule has 2 heterocycles. The van der Waals surface area contributed by atoms with Crippen molar-refractivity contribution in [2.24, 2.45) is 0 Å². The molecule has 4 rings (SSSR count). The number of thioether (sulfide) groups is 1. The maximum atomic E-state index is 12.5. The Morgan fingerprint density at radius 2 is 2.06 bits per heavy atom. The molecule has 1 amide bonds. The van der Waals surface area contributed by atoms with Gasteiger partial charge in [0.05, 0.1) is 12.9 Å². The van der Waals surface area contributed by atoms with Crippen molar-refractivity contribution >= 4 is 34.3 Å². The summed E-state index contributed by atoms with van der Waals surface area (Å²) in [7, 11) is 1.61. The monoisotopic (exact) mass is 448 g/mol. The Kier molecular flexibility index (Phi) is 6.32. The molecule has 0 bridgehead atoms. The summed E-state index contributed by atoms with van der Waals surface area (Å²) in [6.07, 6.45) is 1.76. The Morgan fingerprint density at radius 1 is 1.22 bits per heavy atom. The van der Waals surface area contributed by atoms with Crippen molar-refractivity contribution in [1.82, 2.24) is 14.8 Å². The number of para-hydroxylation sites is 1. The first-order chi connectivity index (χ1) is 15.5. The first kappa shape index (κ1) is 21.7. The number of furan rings is 1. The minimum Gasteiger partial charge on any atom is -0.493 e. The van der Waals surface area contributed by atoms with Crippen molar-refractivity contribution in [1.29, 1.82) is 0 Å². The SMILES string of the molecule is C=CCn1c(SCC(=O)Nc2ccc(C)c(C)c2)nnc1-c1cc2cccc(OC)c2o1. The van der Waals surface area contributed by atoms with Crippen LogP contribution in [-0.2, 0) is 11.3 Å². The molecule has 4 aromatic rings. The van der Waals surface area contributed by atoms with Gasteiger partial charge in [0.2, 0.25) is 11.7 Å². The number of fused-ring (bicyclic) bond motifs is 1. The third-order valence-electron chi connectivity index (χ3n) is 5.10. The van der Waals surface area contributed by atoms with Gasteiger partial charge in [-0.05, 0) is 49.2 Å². The molecule has 7 nitrogen and oxygen atoms in total. The summed E-state index contributed by atoms with van der Waals surface area (Å²) in [6, 6.07) is 13.5. The third-order valence-corrected chi connectivity index (χ3v) is 6.07. The van der Waals surface area contributed by atoms with E-state index in [1.165, 1.54) is 17.3 Å². The second-order valence-corrected chi connectivity index (χ2v) is 8.27. The molecule has 0 aliphatic heterocycles. The van der Waals surface area contributed by atoms with Gasteiger partial charge in [-0.2, -0.15) is 0 Å². The molecule has 1 N–H and O–H groups in total. The minimum absolute atomic E-state index is 0.110. The maximum absolute atomic E-state index is 12.5. The first-order valence-corrected chi connectivity index (χ1v) is 11.1. The number of rotatable bonds is 8. The lowest BCUT2D eigenvalue weighted by molar-refractivity contribution is -0.113. The predicted octanol–water partition coefficient (Wildman–Crippen LogP) is 5.23. The van der Waals surface area contributed by atoms with E-state index in [1.54, 1.807) is 13.2 Å². The smallest absolute Gasteiger partial charge is 0.234 e. The zero-order valence-electron chi connectivity index (χ0n) is 18.2. The number of benzene rings is 2. The Labute approximate surface area is 190 Å². The number of nitrogens with one attached hydrogen (secondary N) is 1. The fourth-order valence-corrected chi connectivity index (χ4v) is 4.07. The zero-order valence-corrected chi connectivity index (χ0v) is 19.0. The van der Waals surface area contributed by atoms with Gasteiger partial charge >= 0.3 is 0 Å². The lowest BCUT2D eigenvalue weighted by Crippen LogP contribution is -2.14. The molecule has 0 unspecified atom stereocenters. The van der Waals surface area contributed by atoms with Gasteiger partial charge in [-0.3, -0.25) is 9.36 Å². The number of carbonyl (C=O) groups is 1. The number of aryl methyl sites for hydroxylation is 2. The Bertz CT molecular complexity index is 1290. The van der Waals surface area contributed by atoms with Crippen LogP contribution in [0.4, 0.5) is 5.69 Å². The van der Waals surface area contributed by atoms with Gasteiger partial charge in [0.25, 0.3) is 0 Å². The summed E-state index contributed by atoms with van der Waals surface area (Å²) >= 11 is 1.31. The molecule has 0 aliphatic carbocycles. The van der Waals surface area contributed by atoms with Crippen LogP contribution in [0.5, 0.6) is 5.75 Å². The quantitative estimate of drug-likeness (QED) is 0.293. The van der Waals surface area contributed by atoms with Gasteiger partial charge in [0.15, 0.2) is 22.2 Å². The number of hydrogen-bond acceptors (Lipinski definition) is 6. The third kappa shape index (κ3) is 4.40. The largest absolute Gasteiger partial charge is 0.493 e. The number of allylic oxidation sites excluding steroid dienone is 1. The van der Waals surface area contributed by atoms with Gasteiger partial charge < -0.3 is 14.5 Å². The average molecular weight is 449 g/mol. The number of carbonyl (C=O) groups excluding carboxylic acids is 1. The van der Waals surface area contributed by atoms with Crippen LogP contribution in [0.1, 0.15) is 11.1 Å².